The highest BCUT2D eigenvalue weighted by Crippen LogP contribution is 2.23. The summed E-state index contributed by atoms with van der Waals surface area (Å²) in [5.41, 5.74) is 1.43. The minimum Gasteiger partial charge on any atom is -0.228 e. The van der Waals surface area contributed by atoms with Gasteiger partial charge in [0.2, 0.25) is 0 Å². The molecule has 0 radical (unpaired) electrons. The number of rotatable bonds is 4. The lowest BCUT2D eigenvalue weighted by molar-refractivity contribution is 0.594. The third-order valence-corrected chi connectivity index (χ3v) is 5.11. The summed E-state index contributed by atoms with van der Waals surface area (Å²) >= 11 is 12.0. The molecule has 0 fully saturated rings. The van der Waals surface area contributed by atoms with Crippen molar-refractivity contribution in [1.82, 2.24) is 0 Å². The van der Waals surface area contributed by atoms with Crippen LogP contribution in [0.25, 0.3) is 0 Å². The van der Waals surface area contributed by atoms with E-state index >= 15 is 0 Å². The summed E-state index contributed by atoms with van der Waals surface area (Å²) in [7, 11) is -3.40. The van der Waals surface area contributed by atoms with Crippen LogP contribution in [0.15, 0.2) is 42.5 Å². The van der Waals surface area contributed by atoms with Crippen molar-refractivity contribution in [2.24, 2.45) is 0 Å². The Morgan fingerprint density at radius 3 is 2.14 bits per heavy atom. The lowest BCUT2D eigenvalue weighted by atomic mass is 10.2. The van der Waals surface area contributed by atoms with Gasteiger partial charge in [0.05, 0.1) is 23.1 Å². The van der Waals surface area contributed by atoms with Gasteiger partial charge in [0.1, 0.15) is 0 Å². The second kappa shape index (κ2) is 6.48. The molecule has 0 amide bonds. The number of halogens is 2. The molecule has 2 aromatic carbocycles. The Morgan fingerprint density at radius 2 is 1.57 bits per heavy atom. The molecule has 0 aliphatic heterocycles. The third kappa shape index (κ3) is 4.21. The van der Waals surface area contributed by atoms with Crippen molar-refractivity contribution < 1.29 is 8.42 Å². The van der Waals surface area contributed by atoms with Gasteiger partial charge in [-0.25, -0.2) is 8.42 Å². The molecular weight excluding hydrogens is 329 g/mol. The molecular formula is C15H11Cl2NO2S. The molecule has 0 saturated heterocycles. The van der Waals surface area contributed by atoms with E-state index in [9.17, 15) is 8.42 Å². The lowest BCUT2D eigenvalue weighted by Crippen LogP contribution is -2.08. The first-order chi connectivity index (χ1) is 9.91. The van der Waals surface area contributed by atoms with E-state index in [1.165, 1.54) is 6.07 Å². The van der Waals surface area contributed by atoms with Crippen LogP contribution in [-0.4, -0.2) is 8.42 Å². The van der Waals surface area contributed by atoms with Gasteiger partial charge in [-0.1, -0.05) is 47.5 Å². The Kier molecular flexibility index (Phi) is 4.89. The highest BCUT2D eigenvalue weighted by atomic mass is 35.5. The van der Waals surface area contributed by atoms with Crippen molar-refractivity contribution in [1.29, 1.82) is 5.26 Å². The van der Waals surface area contributed by atoms with E-state index in [-0.39, 0.29) is 16.5 Å². The molecule has 0 unspecified atom stereocenters. The van der Waals surface area contributed by atoms with Crippen LogP contribution in [0.5, 0.6) is 0 Å². The van der Waals surface area contributed by atoms with Crippen molar-refractivity contribution in [3.05, 3.63) is 69.2 Å². The Bertz CT molecular complexity index is 811. The van der Waals surface area contributed by atoms with Crippen molar-refractivity contribution in [3.63, 3.8) is 0 Å². The lowest BCUT2D eigenvalue weighted by Gasteiger charge is -2.08. The van der Waals surface area contributed by atoms with Gasteiger partial charge in [-0.05, 0) is 29.3 Å². The standard InChI is InChI=1S/C15H11Cl2NO2S/c16-14-4-2-1-3-12(14)9-21(19,20)10-13-6-5-11(8-18)7-15(13)17/h1-7H,9-10H2. The van der Waals surface area contributed by atoms with Crippen molar-refractivity contribution >= 4 is 33.0 Å². The Labute approximate surface area is 133 Å². The normalized spacial score (nSPS) is 11.1. The van der Waals surface area contributed by atoms with Crippen LogP contribution < -0.4 is 0 Å². The predicted octanol–water partition coefficient (Wildman–Crippen LogP) is 3.98. The van der Waals surface area contributed by atoms with Crippen LogP contribution in [0.2, 0.25) is 10.0 Å². The van der Waals surface area contributed by atoms with E-state index in [0.717, 1.165) is 0 Å². The molecule has 0 N–H and O–H groups in total. The quantitative estimate of drug-likeness (QED) is 0.846. The first-order valence-corrected chi connectivity index (χ1v) is 8.61. The van der Waals surface area contributed by atoms with Crippen LogP contribution in [0, 0.1) is 11.3 Å². The zero-order valence-electron chi connectivity index (χ0n) is 10.9. The summed E-state index contributed by atoms with van der Waals surface area (Å²) in [6.07, 6.45) is 0. The number of benzene rings is 2. The molecule has 21 heavy (non-hydrogen) atoms. The predicted molar refractivity (Wildman–Crippen MR) is 83.9 cm³/mol. The smallest absolute Gasteiger partial charge is 0.158 e. The van der Waals surface area contributed by atoms with Crippen LogP contribution in [0.3, 0.4) is 0 Å². The second-order valence-electron chi connectivity index (χ2n) is 4.54. The van der Waals surface area contributed by atoms with E-state index in [0.29, 0.717) is 21.7 Å². The topological polar surface area (TPSA) is 57.9 Å². The average Bonchev–Trinajstić information content (AvgIpc) is 2.43. The molecule has 0 heterocycles. The molecule has 6 heteroatoms. The maximum Gasteiger partial charge on any atom is 0.158 e. The molecule has 0 atom stereocenters. The van der Waals surface area contributed by atoms with E-state index < -0.39 is 9.84 Å². The van der Waals surface area contributed by atoms with Gasteiger partial charge in [0, 0.05) is 10.0 Å². The van der Waals surface area contributed by atoms with Gasteiger partial charge in [-0.15, -0.1) is 0 Å². The first kappa shape index (κ1) is 15.8. The zero-order valence-corrected chi connectivity index (χ0v) is 13.2. The average molecular weight is 340 g/mol. The third-order valence-electron chi connectivity index (χ3n) is 2.89. The highest BCUT2D eigenvalue weighted by Gasteiger charge is 2.17. The molecule has 0 aromatic heterocycles. The monoisotopic (exact) mass is 339 g/mol. The van der Waals surface area contributed by atoms with Gasteiger partial charge in [-0.3, -0.25) is 0 Å². The van der Waals surface area contributed by atoms with E-state index in [4.69, 9.17) is 28.5 Å². The summed E-state index contributed by atoms with van der Waals surface area (Å²) in [5.74, 6) is -0.341. The molecule has 2 rings (SSSR count). The van der Waals surface area contributed by atoms with Gasteiger partial charge in [0.25, 0.3) is 0 Å². The molecule has 0 aliphatic rings. The van der Waals surface area contributed by atoms with Gasteiger partial charge in [0.15, 0.2) is 9.84 Å². The minimum atomic E-state index is -3.40. The van der Waals surface area contributed by atoms with E-state index in [1.807, 2.05) is 6.07 Å². The summed E-state index contributed by atoms with van der Waals surface area (Å²) in [5, 5.41) is 9.47. The van der Waals surface area contributed by atoms with Crippen molar-refractivity contribution in [2.45, 2.75) is 11.5 Å². The second-order valence-corrected chi connectivity index (χ2v) is 7.42. The Hall–Kier alpha value is -1.54. The molecule has 3 nitrogen and oxygen atoms in total. The fourth-order valence-electron chi connectivity index (χ4n) is 1.87. The van der Waals surface area contributed by atoms with Gasteiger partial charge >= 0.3 is 0 Å². The number of sulfone groups is 1. The van der Waals surface area contributed by atoms with Crippen LogP contribution >= 0.6 is 23.2 Å². The van der Waals surface area contributed by atoms with E-state index in [1.54, 1.807) is 36.4 Å². The molecule has 0 saturated carbocycles. The maximum absolute atomic E-state index is 12.2. The Morgan fingerprint density at radius 1 is 0.952 bits per heavy atom. The van der Waals surface area contributed by atoms with Crippen LogP contribution in [0.4, 0.5) is 0 Å². The van der Waals surface area contributed by atoms with Gasteiger partial charge in [-0.2, -0.15) is 5.26 Å². The summed E-state index contributed by atoms with van der Waals surface area (Å²) < 4.78 is 24.5. The summed E-state index contributed by atoms with van der Waals surface area (Å²) in [4.78, 5) is 0. The zero-order chi connectivity index (χ0) is 15.5. The number of hydrogen-bond acceptors (Lipinski definition) is 3. The highest BCUT2D eigenvalue weighted by molar-refractivity contribution is 7.89. The summed E-state index contributed by atoms with van der Waals surface area (Å²) in [6, 6.07) is 13.3. The minimum absolute atomic E-state index is 0.150. The first-order valence-electron chi connectivity index (χ1n) is 6.03. The van der Waals surface area contributed by atoms with Crippen molar-refractivity contribution in [3.8, 4) is 6.07 Å². The molecule has 2 aromatic rings. The van der Waals surface area contributed by atoms with E-state index in [2.05, 4.69) is 0 Å². The molecule has 0 spiro atoms. The Balaban J connectivity index is 2.23. The molecule has 108 valence electrons. The largest absolute Gasteiger partial charge is 0.228 e. The summed E-state index contributed by atoms with van der Waals surface area (Å²) in [6.45, 7) is 0. The van der Waals surface area contributed by atoms with Crippen molar-refractivity contribution in [2.75, 3.05) is 0 Å². The van der Waals surface area contributed by atoms with Crippen LogP contribution in [0.1, 0.15) is 16.7 Å². The fourth-order valence-corrected chi connectivity index (χ4v) is 4.04. The number of hydrogen-bond donors (Lipinski definition) is 0. The maximum atomic E-state index is 12.2. The van der Waals surface area contributed by atoms with Crippen LogP contribution in [-0.2, 0) is 21.3 Å². The molecule has 0 aliphatic carbocycles. The number of nitrogens with zero attached hydrogens (tertiary/aromatic N) is 1. The molecule has 0 bridgehead atoms. The number of nitriles is 1. The SMILES string of the molecule is N#Cc1ccc(CS(=O)(=O)Cc2ccccc2Cl)c(Cl)c1. The van der Waals surface area contributed by atoms with Gasteiger partial charge < -0.3 is 0 Å². The fraction of sp³-hybridized carbons (Fsp3) is 0.133.